The summed E-state index contributed by atoms with van der Waals surface area (Å²) in [4.78, 5) is 0. The molecule has 0 aliphatic rings. The van der Waals surface area contributed by atoms with E-state index in [1.54, 1.807) is 0 Å². The zero-order valence-electron chi connectivity index (χ0n) is 16.1. The summed E-state index contributed by atoms with van der Waals surface area (Å²) in [6, 6.07) is 0.645. The van der Waals surface area contributed by atoms with Gasteiger partial charge >= 0.3 is 0 Å². The molecule has 1 aromatic heterocycles. The highest BCUT2D eigenvalue weighted by Gasteiger charge is 2.11. The number of imidazole rings is 1. The molecule has 0 spiro atoms. The Morgan fingerprint density at radius 3 is 2.00 bits per heavy atom. The maximum Gasteiger partial charge on any atom is 0.243 e. The smallest absolute Gasteiger partial charge is 0.237 e. The lowest BCUT2D eigenvalue weighted by atomic mass is 10.1. The summed E-state index contributed by atoms with van der Waals surface area (Å²) in [6.45, 7) is 8.11. The van der Waals surface area contributed by atoms with Crippen molar-refractivity contribution in [3.05, 3.63) is 18.7 Å². The van der Waals surface area contributed by atoms with Crippen LogP contribution < -0.4 is 4.57 Å². The van der Waals surface area contributed by atoms with Crippen molar-refractivity contribution in [3.8, 4) is 0 Å². The predicted octanol–water partition coefficient (Wildman–Crippen LogP) is 6.45. The second kappa shape index (κ2) is 13.6. The third-order valence-electron chi connectivity index (χ3n) is 4.97. The molecule has 0 bridgehead atoms. The van der Waals surface area contributed by atoms with Crippen LogP contribution in [0.3, 0.4) is 0 Å². The van der Waals surface area contributed by atoms with Crippen LogP contribution in [0.25, 0.3) is 0 Å². The third kappa shape index (κ3) is 9.84. The van der Waals surface area contributed by atoms with Gasteiger partial charge in [0, 0.05) is 0 Å². The van der Waals surface area contributed by atoms with Crippen LogP contribution >= 0.6 is 0 Å². The van der Waals surface area contributed by atoms with Crippen molar-refractivity contribution in [1.29, 1.82) is 0 Å². The van der Waals surface area contributed by atoms with Gasteiger partial charge in [0.05, 0.1) is 12.6 Å². The summed E-state index contributed by atoms with van der Waals surface area (Å²) in [5, 5.41) is 0. The molecule has 0 aliphatic heterocycles. The number of aryl methyl sites for hydroxylation is 1. The van der Waals surface area contributed by atoms with Crippen molar-refractivity contribution < 1.29 is 4.57 Å². The molecule has 0 aromatic carbocycles. The molecule has 1 unspecified atom stereocenters. The number of rotatable bonds is 15. The van der Waals surface area contributed by atoms with Gasteiger partial charge in [-0.3, -0.25) is 0 Å². The van der Waals surface area contributed by atoms with Gasteiger partial charge in [0.2, 0.25) is 6.33 Å². The number of unbranched alkanes of at least 4 members (excludes halogenated alkanes) is 10. The highest BCUT2D eigenvalue weighted by molar-refractivity contribution is 4.72. The lowest BCUT2D eigenvalue weighted by molar-refractivity contribution is -0.697. The van der Waals surface area contributed by atoms with Crippen LogP contribution in [0, 0.1) is 0 Å². The normalized spacial score (nSPS) is 12.7. The minimum atomic E-state index is 0.645. The van der Waals surface area contributed by atoms with Gasteiger partial charge in [-0.1, -0.05) is 71.6 Å². The maximum absolute atomic E-state index is 2.41. The number of hydrogen-bond acceptors (Lipinski definition) is 0. The third-order valence-corrected chi connectivity index (χ3v) is 4.97. The van der Waals surface area contributed by atoms with Gasteiger partial charge in [0.15, 0.2) is 0 Å². The monoisotopic (exact) mass is 321 g/mol. The van der Waals surface area contributed by atoms with Gasteiger partial charge in [-0.15, -0.1) is 0 Å². The first-order valence-electron chi connectivity index (χ1n) is 10.3. The SMILES string of the molecule is CCCCCCCCC(C)n1cc[n+](CCCCCCCC)c1. The van der Waals surface area contributed by atoms with Crippen molar-refractivity contribution in [2.45, 2.75) is 117 Å². The van der Waals surface area contributed by atoms with E-state index in [0.717, 1.165) is 0 Å². The van der Waals surface area contributed by atoms with Gasteiger partial charge in [-0.05, 0) is 32.6 Å². The molecular weight excluding hydrogens is 280 g/mol. The first kappa shape index (κ1) is 20.3. The number of hydrogen-bond donors (Lipinski definition) is 0. The molecule has 0 saturated carbocycles. The molecule has 2 heteroatoms. The summed E-state index contributed by atoms with van der Waals surface area (Å²) >= 11 is 0. The van der Waals surface area contributed by atoms with Crippen LogP contribution in [0.2, 0.25) is 0 Å². The zero-order valence-corrected chi connectivity index (χ0v) is 16.1. The average molecular weight is 322 g/mol. The molecule has 1 aromatic rings. The highest BCUT2D eigenvalue weighted by Crippen LogP contribution is 2.15. The summed E-state index contributed by atoms with van der Waals surface area (Å²) in [5.74, 6) is 0. The molecule has 0 fully saturated rings. The van der Waals surface area contributed by atoms with Crippen LogP contribution in [-0.2, 0) is 6.54 Å². The number of nitrogens with zero attached hydrogens (tertiary/aromatic N) is 2. The first-order valence-corrected chi connectivity index (χ1v) is 10.3. The Balaban J connectivity index is 2.11. The largest absolute Gasteiger partial charge is 0.243 e. The van der Waals surface area contributed by atoms with E-state index in [0.29, 0.717) is 6.04 Å². The maximum atomic E-state index is 2.41. The van der Waals surface area contributed by atoms with Crippen LogP contribution in [0.1, 0.15) is 110 Å². The average Bonchev–Trinajstić information content (AvgIpc) is 3.03. The van der Waals surface area contributed by atoms with E-state index in [1.165, 1.54) is 90.0 Å². The van der Waals surface area contributed by atoms with Crippen molar-refractivity contribution in [2.24, 2.45) is 0 Å². The van der Waals surface area contributed by atoms with Gasteiger partial charge in [-0.2, -0.15) is 0 Å². The Kier molecular flexibility index (Phi) is 12.0. The molecule has 1 rings (SSSR count). The lowest BCUT2D eigenvalue weighted by Gasteiger charge is -2.07. The van der Waals surface area contributed by atoms with Gasteiger partial charge in [-0.25, -0.2) is 9.13 Å². The Labute approximate surface area is 145 Å². The molecule has 1 heterocycles. The van der Waals surface area contributed by atoms with Crippen molar-refractivity contribution in [1.82, 2.24) is 4.57 Å². The fourth-order valence-electron chi connectivity index (χ4n) is 3.25. The second-order valence-electron chi connectivity index (χ2n) is 7.27. The Morgan fingerprint density at radius 1 is 0.783 bits per heavy atom. The fraction of sp³-hybridized carbons (Fsp3) is 0.857. The van der Waals surface area contributed by atoms with Crippen molar-refractivity contribution in [3.63, 3.8) is 0 Å². The minimum absolute atomic E-state index is 0.645. The fourth-order valence-corrected chi connectivity index (χ4v) is 3.25. The summed E-state index contributed by atoms with van der Waals surface area (Å²) in [7, 11) is 0. The summed E-state index contributed by atoms with van der Waals surface area (Å²) < 4.78 is 4.78. The highest BCUT2D eigenvalue weighted by atomic mass is 15.1. The molecule has 0 saturated heterocycles. The van der Waals surface area contributed by atoms with E-state index in [1.807, 2.05) is 0 Å². The summed E-state index contributed by atoms with van der Waals surface area (Å²) in [5.41, 5.74) is 0. The molecule has 0 aliphatic carbocycles. The molecule has 0 N–H and O–H groups in total. The molecule has 0 radical (unpaired) electrons. The predicted molar refractivity (Wildman–Crippen MR) is 101 cm³/mol. The van der Waals surface area contributed by atoms with E-state index in [4.69, 9.17) is 0 Å². The van der Waals surface area contributed by atoms with Crippen molar-refractivity contribution in [2.75, 3.05) is 0 Å². The molecule has 1 atom stereocenters. The Hall–Kier alpha value is -0.790. The van der Waals surface area contributed by atoms with E-state index in [2.05, 4.69) is 48.6 Å². The van der Waals surface area contributed by atoms with E-state index >= 15 is 0 Å². The van der Waals surface area contributed by atoms with E-state index in [9.17, 15) is 0 Å². The topological polar surface area (TPSA) is 8.81 Å². The van der Waals surface area contributed by atoms with Gasteiger partial charge < -0.3 is 0 Å². The van der Waals surface area contributed by atoms with Crippen LogP contribution in [0.5, 0.6) is 0 Å². The quantitative estimate of drug-likeness (QED) is 0.259. The zero-order chi connectivity index (χ0) is 16.8. The molecule has 2 nitrogen and oxygen atoms in total. The van der Waals surface area contributed by atoms with Gasteiger partial charge in [0.1, 0.15) is 12.4 Å². The molecule has 23 heavy (non-hydrogen) atoms. The van der Waals surface area contributed by atoms with Crippen LogP contribution in [0.4, 0.5) is 0 Å². The first-order chi connectivity index (χ1) is 11.3. The number of aromatic nitrogens is 2. The lowest BCUT2D eigenvalue weighted by Crippen LogP contribution is -2.31. The van der Waals surface area contributed by atoms with E-state index in [-0.39, 0.29) is 0 Å². The van der Waals surface area contributed by atoms with E-state index < -0.39 is 0 Å². The second-order valence-corrected chi connectivity index (χ2v) is 7.27. The Bertz CT molecular complexity index is 370. The minimum Gasteiger partial charge on any atom is -0.237 e. The van der Waals surface area contributed by atoms with Crippen molar-refractivity contribution >= 4 is 0 Å². The van der Waals surface area contributed by atoms with Gasteiger partial charge in [0.25, 0.3) is 0 Å². The summed E-state index contributed by atoms with van der Waals surface area (Å²) in [6.07, 6.45) is 24.8. The molecule has 0 amide bonds. The Morgan fingerprint density at radius 2 is 1.35 bits per heavy atom. The molecule has 134 valence electrons. The molecular formula is C21H41N2+. The van der Waals surface area contributed by atoms with Crippen LogP contribution in [-0.4, -0.2) is 4.57 Å². The van der Waals surface area contributed by atoms with Crippen LogP contribution in [0.15, 0.2) is 18.7 Å². The standard InChI is InChI=1S/C21H41N2/c1-4-6-8-10-12-14-16-21(3)23-19-18-22(20-23)17-15-13-11-9-7-5-2/h18-21H,4-17H2,1-3H3/q+1.